The third-order valence-corrected chi connectivity index (χ3v) is 2.15. The largest absolute Gasteiger partial charge is 0.394 e. The molecule has 0 radical (unpaired) electrons. The number of hydrogen-bond donors (Lipinski definition) is 2. The Morgan fingerprint density at radius 3 is 2.87 bits per heavy atom. The summed E-state index contributed by atoms with van der Waals surface area (Å²) in [7, 11) is 5.30. The number of aromatic nitrogens is 2. The molecule has 0 aliphatic rings. The molecule has 15 heavy (non-hydrogen) atoms. The first-order valence-electron chi connectivity index (χ1n) is 4.75. The van der Waals surface area contributed by atoms with Crippen LogP contribution in [0, 0.1) is 0 Å². The Balaban J connectivity index is 2.57. The van der Waals surface area contributed by atoms with Gasteiger partial charge in [0.05, 0.1) is 5.69 Å². The third-order valence-electron chi connectivity index (χ3n) is 2.15. The molecule has 0 bridgehead atoms. The van der Waals surface area contributed by atoms with Gasteiger partial charge in [-0.2, -0.15) is 5.10 Å². The monoisotopic (exact) mass is 211 g/mol. The molecule has 3 N–H and O–H groups in total. The maximum absolute atomic E-state index is 11.0. The van der Waals surface area contributed by atoms with Gasteiger partial charge in [0.25, 0.3) is 0 Å². The fourth-order valence-corrected chi connectivity index (χ4v) is 1.29. The van der Waals surface area contributed by atoms with E-state index in [1.54, 1.807) is 17.9 Å². The van der Waals surface area contributed by atoms with Crippen LogP contribution in [0.3, 0.4) is 0 Å². The first-order valence-corrected chi connectivity index (χ1v) is 4.75. The molecule has 1 aromatic heterocycles. The van der Waals surface area contributed by atoms with E-state index in [4.69, 9.17) is 5.73 Å². The third kappa shape index (κ3) is 2.87. The lowest BCUT2D eigenvalue weighted by molar-refractivity contribution is -0.120. The fraction of sp³-hybridized carbons (Fsp3) is 0.556. The normalized spacial score (nSPS) is 10.1. The summed E-state index contributed by atoms with van der Waals surface area (Å²) in [6.45, 7) is 0.598. The van der Waals surface area contributed by atoms with Crippen LogP contribution in [0.2, 0.25) is 0 Å². The van der Waals surface area contributed by atoms with Crippen molar-refractivity contribution >= 4 is 17.4 Å². The molecule has 84 valence electrons. The highest BCUT2D eigenvalue weighted by molar-refractivity contribution is 5.76. The van der Waals surface area contributed by atoms with Gasteiger partial charge in [-0.1, -0.05) is 0 Å². The number of carbonyl (C=O) groups excluding carboxylic acids is 1. The number of anilines is 2. The minimum Gasteiger partial charge on any atom is -0.394 e. The Kier molecular flexibility index (Phi) is 3.54. The van der Waals surface area contributed by atoms with Gasteiger partial charge in [0, 0.05) is 40.3 Å². The van der Waals surface area contributed by atoms with Gasteiger partial charge in [-0.15, -0.1) is 0 Å². The van der Waals surface area contributed by atoms with E-state index in [0.29, 0.717) is 24.5 Å². The molecule has 1 rings (SSSR count). The van der Waals surface area contributed by atoms with Gasteiger partial charge in [-0.25, -0.2) is 0 Å². The van der Waals surface area contributed by atoms with Crippen LogP contribution in [-0.2, 0) is 11.8 Å². The molecule has 0 aliphatic heterocycles. The number of amides is 1. The van der Waals surface area contributed by atoms with Gasteiger partial charge in [0.2, 0.25) is 5.91 Å². The number of aryl methyl sites for hydroxylation is 1. The number of nitrogens with one attached hydrogen (secondary N) is 1. The quantitative estimate of drug-likeness (QED) is 0.709. The average Bonchev–Trinajstić information content (AvgIpc) is 2.53. The highest BCUT2D eigenvalue weighted by Crippen LogP contribution is 2.18. The first kappa shape index (κ1) is 11.4. The number of nitrogen functional groups attached to an aromatic ring is 1. The summed E-state index contributed by atoms with van der Waals surface area (Å²) in [4.78, 5) is 12.9. The maximum Gasteiger partial charge on any atom is 0.221 e. The van der Waals surface area contributed by atoms with Crippen LogP contribution in [0.4, 0.5) is 11.5 Å². The fourth-order valence-electron chi connectivity index (χ4n) is 1.29. The van der Waals surface area contributed by atoms with E-state index in [0.717, 1.165) is 0 Å². The second kappa shape index (κ2) is 4.68. The molecular formula is C9H17N5O. The number of rotatable bonds is 4. The summed E-state index contributed by atoms with van der Waals surface area (Å²) in [5, 5.41) is 6.77. The van der Waals surface area contributed by atoms with E-state index in [1.165, 1.54) is 0 Å². The highest BCUT2D eigenvalue weighted by atomic mass is 16.1. The van der Waals surface area contributed by atoms with Crippen molar-refractivity contribution in [2.45, 2.75) is 6.42 Å². The van der Waals surface area contributed by atoms with Gasteiger partial charge in [0.1, 0.15) is 0 Å². The van der Waals surface area contributed by atoms with E-state index in [2.05, 4.69) is 10.4 Å². The van der Waals surface area contributed by atoms with E-state index in [1.807, 2.05) is 19.0 Å². The van der Waals surface area contributed by atoms with Crippen molar-refractivity contribution in [1.82, 2.24) is 15.1 Å². The summed E-state index contributed by atoms with van der Waals surface area (Å²) in [5.41, 5.74) is 6.38. The Hall–Kier alpha value is -1.72. The van der Waals surface area contributed by atoms with Crippen LogP contribution in [0.5, 0.6) is 0 Å². The summed E-state index contributed by atoms with van der Waals surface area (Å²) >= 11 is 0. The van der Waals surface area contributed by atoms with Crippen molar-refractivity contribution in [1.29, 1.82) is 0 Å². The number of hydrogen-bond acceptors (Lipinski definition) is 4. The van der Waals surface area contributed by atoms with E-state index < -0.39 is 0 Å². The zero-order valence-electron chi connectivity index (χ0n) is 9.32. The summed E-state index contributed by atoms with van der Waals surface area (Å²) in [5.74, 6) is 0.720. The van der Waals surface area contributed by atoms with Crippen LogP contribution in [0.15, 0.2) is 6.20 Å². The lowest BCUT2D eigenvalue weighted by atomic mass is 10.3. The topological polar surface area (TPSA) is 76.2 Å². The van der Waals surface area contributed by atoms with Crippen LogP contribution in [0.1, 0.15) is 6.42 Å². The van der Waals surface area contributed by atoms with Gasteiger partial charge in [-0.3, -0.25) is 9.48 Å². The minimum absolute atomic E-state index is 0.0105. The summed E-state index contributed by atoms with van der Waals surface area (Å²) in [6, 6.07) is 0. The molecule has 6 heteroatoms. The molecule has 0 saturated heterocycles. The van der Waals surface area contributed by atoms with Crippen LogP contribution < -0.4 is 16.0 Å². The Labute approximate surface area is 89.0 Å². The van der Waals surface area contributed by atoms with Crippen LogP contribution in [-0.4, -0.2) is 36.3 Å². The molecule has 1 amide bonds. The molecule has 0 aliphatic carbocycles. The van der Waals surface area contributed by atoms with Gasteiger partial charge >= 0.3 is 0 Å². The van der Waals surface area contributed by atoms with Crippen molar-refractivity contribution < 1.29 is 4.79 Å². The Morgan fingerprint density at radius 2 is 2.40 bits per heavy atom. The van der Waals surface area contributed by atoms with E-state index >= 15 is 0 Å². The molecule has 6 nitrogen and oxygen atoms in total. The van der Waals surface area contributed by atoms with E-state index in [-0.39, 0.29) is 5.91 Å². The van der Waals surface area contributed by atoms with Crippen molar-refractivity contribution in [3.63, 3.8) is 0 Å². The molecule has 1 heterocycles. The molecule has 0 spiro atoms. The minimum atomic E-state index is 0.0105. The van der Waals surface area contributed by atoms with Crippen molar-refractivity contribution in [3.8, 4) is 0 Å². The zero-order chi connectivity index (χ0) is 11.4. The van der Waals surface area contributed by atoms with Crippen molar-refractivity contribution in [3.05, 3.63) is 6.20 Å². The SMILES string of the molecule is CNC(=O)CCN(C)c1nn(C)cc1N. The Bertz CT molecular complexity index is 346. The molecule has 0 atom stereocenters. The molecule has 0 unspecified atom stereocenters. The van der Waals surface area contributed by atoms with Gasteiger partial charge in [-0.05, 0) is 0 Å². The average molecular weight is 211 g/mol. The second-order valence-electron chi connectivity index (χ2n) is 3.43. The highest BCUT2D eigenvalue weighted by Gasteiger charge is 2.10. The zero-order valence-corrected chi connectivity index (χ0v) is 9.32. The number of nitrogens with two attached hydrogens (primary N) is 1. The predicted octanol–water partition coefficient (Wildman–Crippen LogP) is -0.425. The molecular weight excluding hydrogens is 194 g/mol. The maximum atomic E-state index is 11.0. The number of carbonyl (C=O) groups is 1. The van der Waals surface area contributed by atoms with Gasteiger partial charge in [0.15, 0.2) is 5.82 Å². The summed E-state index contributed by atoms with van der Waals surface area (Å²) in [6.07, 6.45) is 2.18. The molecule has 0 fully saturated rings. The number of nitrogens with zero attached hydrogens (tertiary/aromatic N) is 3. The van der Waals surface area contributed by atoms with Crippen LogP contribution in [0.25, 0.3) is 0 Å². The lowest BCUT2D eigenvalue weighted by Crippen LogP contribution is -2.27. The molecule has 1 aromatic rings. The molecule has 0 aromatic carbocycles. The van der Waals surface area contributed by atoms with Crippen molar-refractivity contribution in [2.24, 2.45) is 7.05 Å². The van der Waals surface area contributed by atoms with Crippen molar-refractivity contribution in [2.75, 3.05) is 31.3 Å². The first-order chi connectivity index (χ1) is 7.04. The van der Waals surface area contributed by atoms with Crippen LogP contribution >= 0.6 is 0 Å². The van der Waals surface area contributed by atoms with Gasteiger partial charge < -0.3 is 16.0 Å². The Morgan fingerprint density at radius 1 is 1.73 bits per heavy atom. The summed E-state index contributed by atoms with van der Waals surface area (Å²) < 4.78 is 1.65. The lowest BCUT2D eigenvalue weighted by Gasteiger charge is -2.16. The van der Waals surface area contributed by atoms with E-state index in [9.17, 15) is 4.79 Å². The predicted molar refractivity (Wildman–Crippen MR) is 59.6 cm³/mol. The smallest absolute Gasteiger partial charge is 0.221 e. The second-order valence-corrected chi connectivity index (χ2v) is 3.43. The molecule has 0 saturated carbocycles. The standard InChI is InChI=1S/C9H17N5O/c1-11-8(15)4-5-13(2)9-7(10)6-14(3)12-9/h6H,4-5,10H2,1-3H3,(H,11,15).